The fourth-order valence-electron chi connectivity index (χ4n) is 8.39. The van der Waals surface area contributed by atoms with Gasteiger partial charge in [-0.1, -0.05) is 18.1 Å². The van der Waals surface area contributed by atoms with Crippen LogP contribution in [0.25, 0.3) is 32.8 Å². The van der Waals surface area contributed by atoms with E-state index in [-0.39, 0.29) is 52.0 Å². The molecule has 2 N–H and O–H groups in total. The molecule has 0 radical (unpaired) electrons. The molecule has 2 bridgehead atoms. The van der Waals surface area contributed by atoms with Gasteiger partial charge in [-0.3, -0.25) is 4.90 Å². The van der Waals surface area contributed by atoms with E-state index in [9.17, 15) is 9.50 Å². The normalized spacial score (nSPS) is 27.8. The fraction of sp³-hybridized carbons (Fsp3) is 0.429. The number of halogens is 3. The van der Waals surface area contributed by atoms with Crippen LogP contribution < -0.4 is 15.0 Å². The lowest BCUT2D eigenvalue weighted by molar-refractivity contribution is 0.107. The van der Waals surface area contributed by atoms with Crippen molar-refractivity contribution in [3.8, 4) is 35.2 Å². The summed E-state index contributed by atoms with van der Waals surface area (Å²) in [5.41, 5.74) is -0.461. The largest absolute Gasteiger partial charge is 0.508 e. The lowest BCUT2D eigenvalue weighted by Gasteiger charge is -2.40. The Kier molecular flexibility index (Phi) is 6.45. The standard InChI is InChI=1S/C35H34F3N5O2/c1-3-20-6-4-7-21-12-24(44)13-25(28(20)21)29-27(37)14-26-31(30(29)38)39-33(45-19-35-9-5-11-43(35)16-22(36)15-35)40-32(26)42-17-23-8-10-34(2,18-42)41-23/h1,4,6-7,12-14,22-23,41,44H,5,8-11,15-19H2,2H3/t22-,23-,34-,35?/m1/s1. The Morgan fingerprint density at radius 3 is 2.87 bits per heavy atom. The molecule has 4 aliphatic heterocycles. The van der Waals surface area contributed by atoms with Gasteiger partial charge in [-0.05, 0) is 68.8 Å². The van der Waals surface area contributed by atoms with Gasteiger partial charge in [-0.2, -0.15) is 9.97 Å². The van der Waals surface area contributed by atoms with Crippen LogP contribution in [0.1, 0.15) is 44.6 Å². The van der Waals surface area contributed by atoms with Gasteiger partial charge < -0.3 is 20.1 Å². The Hall–Kier alpha value is -4.07. The Balaban J connectivity index is 1.30. The minimum atomic E-state index is -0.924. The van der Waals surface area contributed by atoms with Gasteiger partial charge in [0.1, 0.15) is 35.7 Å². The molecule has 5 heterocycles. The molecule has 4 fully saturated rings. The molecule has 0 saturated carbocycles. The molecule has 4 aromatic rings. The van der Waals surface area contributed by atoms with Crippen LogP contribution in [0.2, 0.25) is 0 Å². The summed E-state index contributed by atoms with van der Waals surface area (Å²) in [6.07, 6.45) is 8.97. The van der Waals surface area contributed by atoms with Crippen LogP contribution in [0.5, 0.6) is 11.8 Å². The highest BCUT2D eigenvalue weighted by atomic mass is 19.1. The summed E-state index contributed by atoms with van der Waals surface area (Å²) in [4.78, 5) is 13.5. The number of hydrogen-bond acceptors (Lipinski definition) is 7. The molecular formula is C35H34F3N5O2. The second-order valence-electron chi connectivity index (χ2n) is 13.5. The smallest absolute Gasteiger partial charge is 0.319 e. The van der Waals surface area contributed by atoms with Crippen molar-refractivity contribution in [2.75, 3.05) is 37.7 Å². The number of terminal acetylenes is 1. The first-order valence-corrected chi connectivity index (χ1v) is 15.6. The van der Waals surface area contributed by atoms with E-state index >= 15 is 8.78 Å². The summed E-state index contributed by atoms with van der Waals surface area (Å²) in [5, 5.41) is 15.5. The minimum absolute atomic E-state index is 0.0291. The van der Waals surface area contributed by atoms with Gasteiger partial charge in [0.25, 0.3) is 0 Å². The summed E-state index contributed by atoms with van der Waals surface area (Å²) < 4.78 is 53.8. The average molecular weight is 614 g/mol. The van der Waals surface area contributed by atoms with Crippen molar-refractivity contribution in [2.45, 2.75) is 62.3 Å². The molecule has 3 aromatic carbocycles. The van der Waals surface area contributed by atoms with Crippen molar-refractivity contribution in [2.24, 2.45) is 0 Å². The van der Waals surface area contributed by atoms with E-state index in [1.54, 1.807) is 18.2 Å². The van der Waals surface area contributed by atoms with Crippen LogP contribution in [-0.4, -0.2) is 76.1 Å². The molecule has 4 saturated heterocycles. The number of ether oxygens (including phenoxy) is 1. The Bertz CT molecular complexity index is 1910. The van der Waals surface area contributed by atoms with Gasteiger partial charge in [0, 0.05) is 59.5 Å². The van der Waals surface area contributed by atoms with Crippen molar-refractivity contribution in [3.63, 3.8) is 0 Å². The second-order valence-corrected chi connectivity index (χ2v) is 13.5. The molecule has 4 aliphatic rings. The highest BCUT2D eigenvalue weighted by molar-refractivity contribution is 6.04. The van der Waals surface area contributed by atoms with Crippen LogP contribution in [-0.2, 0) is 0 Å². The molecule has 7 nitrogen and oxygen atoms in total. The van der Waals surface area contributed by atoms with Crippen molar-refractivity contribution in [1.29, 1.82) is 0 Å². The molecule has 10 heteroatoms. The molecule has 0 spiro atoms. The number of benzene rings is 3. The van der Waals surface area contributed by atoms with Crippen LogP contribution in [0.3, 0.4) is 0 Å². The first-order valence-electron chi connectivity index (χ1n) is 15.6. The maximum Gasteiger partial charge on any atom is 0.319 e. The number of rotatable bonds is 5. The third-order valence-corrected chi connectivity index (χ3v) is 10.3. The maximum absolute atomic E-state index is 16.9. The zero-order valence-electron chi connectivity index (χ0n) is 25.0. The first kappa shape index (κ1) is 28.4. The molecule has 4 atom stereocenters. The number of phenolic OH excluding ortho intramolecular Hbond substituents is 1. The highest BCUT2D eigenvalue weighted by Crippen LogP contribution is 2.43. The van der Waals surface area contributed by atoms with Gasteiger partial charge in [0.2, 0.25) is 0 Å². The number of nitrogens with zero attached hydrogens (tertiary/aromatic N) is 4. The van der Waals surface area contributed by atoms with Gasteiger partial charge in [0.15, 0.2) is 5.82 Å². The summed E-state index contributed by atoms with van der Waals surface area (Å²) >= 11 is 0. The number of aromatic nitrogens is 2. The number of aromatic hydroxyl groups is 1. The fourth-order valence-corrected chi connectivity index (χ4v) is 8.39. The van der Waals surface area contributed by atoms with Gasteiger partial charge >= 0.3 is 6.01 Å². The number of hydrogen-bond donors (Lipinski definition) is 2. The average Bonchev–Trinajstić information content (AvgIpc) is 3.63. The van der Waals surface area contributed by atoms with Crippen molar-refractivity contribution < 1.29 is 23.0 Å². The molecule has 8 rings (SSSR count). The summed E-state index contributed by atoms with van der Waals surface area (Å²) in [5.74, 6) is 1.14. The van der Waals surface area contributed by atoms with Gasteiger partial charge in [-0.15, -0.1) is 6.42 Å². The quantitative estimate of drug-likeness (QED) is 0.280. The van der Waals surface area contributed by atoms with Crippen molar-refractivity contribution >= 4 is 27.5 Å². The predicted molar refractivity (Wildman–Crippen MR) is 167 cm³/mol. The molecule has 0 aliphatic carbocycles. The van der Waals surface area contributed by atoms with E-state index in [4.69, 9.17) is 16.1 Å². The lowest BCUT2D eigenvalue weighted by Crippen LogP contribution is -2.58. The zero-order valence-corrected chi connectivity index (χ0v) is 25.0. The lowest BCUT2D eigenvalue weighted by atomic mass is 9.93. The van der Waals surface area contributed by atoms with E-state index in [0.29, 0.717) is 48.2 Å². The minimum Gasteiger partial charge on any atom is -0.508 e. The first-order chi connectivity index (χ1) is 21.6. The van der Waals surface area contributed by atoms with E-state index in [0.717, 1.165) is 32.2 Å². The summed E-state index contributed by atoms with van der Waals surface area (Å²) in [7, 11) is 0. The highest BCUT2D eigenvalue weighted by Gasteiger charge is 2.49. The van der Waals surface area contributed by atoms with Crippen LogP contribution in [0.15, 0.2) is 36.4 Å². The van der Waals surface area contributed by atoms with E-state index in [1.807, 2.05) is 0 Å². The second kappa shape index (κ2) is 10.2. The van der Waals surface area contributed by atoms with E-state index < -0.39 is 23.3 Å². The SMILES string of the molecule is C#Cc1cccc2cc(O)cc(-c3c(F)cc4c(N5C[C@H]6CC[C@](C)(C5)N6)nc(OCC56CCCN5C[C@H](F)C6)nc4c3F)c12. The maximum atomic E-state index is 16.9. The third-order valence-electron chi connectivity index (χ3n) is 10.3. The Morgan fingerprint density at radius 2 is 2.04 bits per heavy atom. The van der Waals surface area contributed by atoms with Crippen LogP contribution >= 0.6 is 0 Å². The molecule has 0 amide bonds. The summed E-state index contributed by atoms with van der Waals surface area (Å²) in [6.45, 7) is 4.74. The number of phenols is 1. The molecule has 1 unspecified atom stereocenters. The molecular weight excluding hydrogens is 579 g/mol. The number of piperazine rings is 1. The molecule has 45 heavy (non-hydrogen) atoms. The Labute approximate surface area is 259 Å². The zero-order chi connectivity index (χ0) is 31.1. The topological polar surface area (TPSA) is 73.8 Å². The third kappa shape index (κ3) is 4.59. The summed E-state index contributed by atoms with van der Waals surface area (Å²) in [6, 6.07) is 9.47. The number of alkyl halides is 1. The Morgan fingerprint density at radius 1 is 1.18 bits per heavy atom. The van der Waals surface area contributed by atoms with Crippen molar-refractivity contribution in [3.05, 3.63) is 53.6 Å². The molecule has 1 aromatic heterocycles. The number of anilines is 1. The number of nitrogens with one attached hydrogen (secondary N) is 1. The number of fused-ring (bicyclic) bond motifs is 5. The van der Waals surface area contributed by atoms with Crippen LogP contribution in [0, 0.1) is 24.0 Å². The predicted octanol–water partition coefficient (Wildman–Crippen LogP) is 5.70. The van der Waals surface area contributed by atoms with Crippen LogP contribution in [0.4, 0.5) is 19.0 Å². The van der Waals surface area contributed by atoms with E-state index in [1.165, 1.54) is 18.2 Å². The van der Waals surface area contributed by atoms with E-state index in [2.05, 4.69) is 32.9 Å². The molecule has 232 valence electrons. The monoisotopic (exact) mass is 613 g/mol. The van der Waals surface area contributed by atoms with Crippen molar-refractivity contribution in [1.82, 2.24) is 20.2 Å². The van der Waals surface area contributed by atoms with Gasteiger partial charge in [-0.25, -0.2) is 13.2 Å². The van der Waals surface area contributed by atoms with Gasteiger partial charge in [0.05, 0.1) is 11.1 Å².